The third-order valence-corrected chi connectivity index (χ3v) is 1.34. The molecule has 0 aliphatic heterocycles. The molecule has 0 unspecified atom stereocenters. The molecular weight excluding hydrogens is 168 g/mol. The van der Waals surface area contributed by atoms with Crippen LogP contribution < -0.4 is 0 Å². The van der Waals surface area contributed by atoms with Crippen LogP contribution in [-0.2, 0) is 19.4 Å². The Hall–Kier alpha value is -1.40. The molecule has 0 atom stereocenters. The Morgan fingerprint density at radius 2 is 1.17 bits per heavy atom. The molecule has 2 N–H and O–H groups in total. The first-order chi connectivity index (χ1) is 5.54. The Kier molecular flexibility index (Phi) is 3.95. The van der Waals surface area contributed by atoms with Crippen molar-refractivity contribution in [2.75, 3.05) is 0 Å². The summed E-state index contributed by atoms with van der Waals surface area (Å²) in [6, 6.07) is 0. The maximum absolute atomic E-state index is 10.6. The summed E-state index contributed by atoms with van der Waals surface area (Å²) in [5.41, 5.74) is -0.284. The molecule has 68 valence electrons. The number of rotatable bonds is 2. The second kappa shape index (κ2) is 4.47. The average Bonchev–Trinajstić information content (AvgIpc) is 2.12. The maximum atomic E-state index is 10.6. The molecule has 12 heavy (non-hydrogen) atoms. The molecule has 0 amide bonds. The van der Waals surface area contributed by atoms with E-state index in [0.29, 0.717) is 0 Å². The summed E-state index contributed by atoms with van der Waals surface area (Å²) in [6.45, 7) is 2.48. The van der Waals surface area contributed by atoms with Crippen LogP contribution in [-0.4, -0.2) is 22.5 Å². The van der Waals surface area contributed by atoms with Crippen molar-refractivity contribution in [1.29, 1.82) is 0 Å². The molecule has 0 aliphatic carbocycles. The Bertz CT molecular complexity index is 204. The minimum Gasteiger partial charge on any atom is -0.296 e. The van der Waals surface area contributed by atoms with E-state index in [0.717, 1.165) is 0 Å². The highest BCUT2D eigenvalue weighted by Gasteiger charge is 2.15. The van der Waals surface area contributed by atoms with Crippen molar-refractivity contribution in [2.45, 2.75) is 13.8 Å². The fraction of sp³-hybridized carbons (Fsp3) is 0.333. The fourth-order valence-electron chi connectivity index (χ4n) is 0.443. The molecule has 0 aromatic rings. The van der Waals surface area contributed by atoms with Crippen molar-refractivity contribution in [2.24, 2.45) is 0 Å². The van der Waals surface area contributed by atoms with Gasteiger partial charge in [0.25, 0.3) is 0 Å². The topological polar surface area (TPSA) is 93.1 Å². The van der Waals surface area contributed by atoms with E-state index in [9.17, 15) is 9.59 Å². The molecule has 0 spiro atoms. The van der Waals surface area contributed by atoms with Crippen LogP contribution >= 0.6 is 0 Å². The summed E-state index contributed by atoms with van der Waals surface area (Å²) in [5, 5.41) is 15.8. The van der Waals surface area contributed by atoms with Crippen LogP contribution in [0.4, 0.5) is 0 Å². The van der Waals surface area contributed by atoms with Gasteiger partial charge in [-0.3, -0.25) is 9.78 Å². The lowest BCUT2D eigenvalue weighted by molar-refractivity contribution is -0.232. The zero-order valence-electron chi connectivity index (χ0n) is 6.53. The van der Waals surface area contributed by atoms with E-state index in [4.69, 9.17) is 10.5 Å². The van der Waals surface area contributed by atoms with E-state index in [2.05, 4.69) is 9.78 Å². The summed E-state index contributed by atoms with van der Waals surface area (Å²) in [7, 11) is 0. The summed E-state index contributed by atoms with van der Waals surface area (Å²) in [4.78, 5) is 27.8. The summed E-state index contributed by atoms with van der Waals surface area (Å²) in [5.74, 6) is -2.14. The zero-order valence-corrected chi connectivity index (χ0v) is 6.53. The van der Waals surface area contributed by atoms with Crippen LogP contribution in [0.2, 0.25) is 0 Å². The normalized spacial score (nSPS) is 11.7. The molecule has 0 rings (SSSR count). The maximum Gasteiger partial charge on any atom is 0.369 e. The lowest BCUT2D eigenvalue weighted by Crippen LogP contribution is -2.11. The van der Waals surface area contributed by atoms with Gasteiger partial charge in [0.1, 0.15) is 0 Å². The SMILES string of the molecule is C/C(C(=O)OO)=C(/C)C(=O)OO. The first-order valence-corrected chi connectivity index (χ1v) is 2.93. The Morgan fingerprint density at radius 1 is 0.917 bits per heavy atom. The van der Waals surface area contributed by atoms with E-state index in [1.807, 2.05) is 0 Å². The average molecular weight is 176 g/mol. The third kappa shape index (κ3) is 2.33. The van der Waals surface area contributed by atoms with Crippen molar-refractivity contribution in [3.63, 3.8) is 0 Å². The lowest BCUT2D eigenvalue weighted by Gasteiger charge is -2.00. The van der Waals surface area contributed by atoms with Gasteiger partial charge in [-0.2, -0.15) is 10.5 Å². The highest BCUT2D eigenvalue weighted by Crippen LogP contribution is 2.06. The highest BCUT2D eigenvalue weighted by atomic mass is 17.1. The van der Waals surface area contributed by atoms with E-state index >= 15 is 0 Å². The van der Waals surface area contributed by atoms with Crippen LogP contribution in [0.1, 0.15) is 13.8 Å². The van der Waals surface area contributed by atoms with Crippen LogP contribution in [0.5, 0.6) is 0 Å². The quantitative estimate of drug-likeness (QED) is 0.358. The van der Waals surface area contributed by atoms with Gasteiger partial charge in [0.05, 0.1) is 0 Å². The minimum atomic E-state index is -1.07. The van der Waals surface area contributed by atoms with Gasteiger partial charge in [-0.1, -0.05) is 0 Å². The van der Waals surface area contributed by atoms with Gasteiger partial charge in [0.2, 0.25) is 0 Å². The van der Waals surface area contributed by atoms with Crippen LogP contribution in [0, 0.1) is 0 Å². The molecule has 0 heterocycles. The molecule has 0 aliphatic rings. The number of carbonyl (C=O) groups excluding carboxylic acids is 2. The van der Waals surface area contributed by atoms with E-state index in [-0.39, 0.29) is 11.1 Å². The van der Waals surface area contributed by atoms with Crippen molar-refractivity contribution in [1.82, 2.24) is 0 Å². The zero-order chi connectivity index (χ0) is 9.72. The van der Waals surface area contributed by atoms with E-state index in [1.165, 1.54) is 13.8 Å². The third-order valence-electron chi connectivity index (χ3n) is 1.34. The monoisotopic (exact) mass is 176 g/mol. The molecule has 0 bridgehead atoms. The Labute approximate surface area is 67.9 Å². The van der Waals surface area contributed by atoms with Crippen molar-refractivity contribution < 1.29 is 29.9 Å². The van der Waals surface area contributed by atoms with Crippen molar-refractivity contribution in [3.8, 4) is 0 Å². The Balaban J connectivity index is 4.68. The Morgan fingerprint density at radius 3 is 1.33 bits per heavy atom. The molecular formula is C6H8O6. The van der Waals surface area contributed by atoms with Gasteiger partial charge >= 0.3 is 11.9 Å². The van der Waals surface area contributed by atoms with Crippen LogP contribution in [0.3, 0.4) is 0 Å². The minimum absolute atomic E-state index is 0.142. The molecule has 0 aromatic carbocycles. The number of hydrogen-bond donors (Lipinski definition) is 2. The molecule has 0 saturated heterocycles. The second-order valence-corrected chi connectivity index (χ2v) is 2.01. The summed E-state index contributed by atoms with van der Waals surface area (Å²) >= 11 is 0. The standard InChI is InChI=1S/C6H8O6/c1-3(5(7)11-9)4(2)6(8)12-10/h9-10H,1-2H3/b4-3+. The molecule has 6 nitrogen and oxygen atoms in total. The van der Waals surface area contributed by atoms with Gasteiger partial charge in [-0.25, -0.2) is 9.59 Å². The van der Waals surface area contributed by atoms with E-state index in [1.54, 1.807) is 0 Å². The number of carbonyl (C=O) groups is 2. The van der Waals surface area contributed by atoms with Gasteiger partial charge in [-0.05, 0) is 13.8 Å². The molecule has 6 heteroatoms. The summed E-state index contributed by atoms with van der Waals surface area (Å²) in [6.07, 6.45) is 0. The van der Waals surface area contributed by atoms with Gasteiger partial charge in [0.15, 0.2) is 0 Å². The number of hydrogen-bond acceptors (Lipinski definition) is 6. The predicted octanol–water partition coefficient (Wildman–Crippen LogP) is 0.355. The van der Waals surface area contributed by atoms with Gasteiger partial charge in [-0.15, -0.1) is 0 Å². The molecule has 0 saturated carbocycles. The van der Waals surface area contributed by atoms with Gasteiger partial charge in [0, 0.05) is 11.1 Å². The smallest absolute Gasteiger partial charge is 0.296 e. The molecule has 0 fully saturated rings. The fourth-order valence-corrected chi connectivity index (χ4v) is 0.443. The van der Waals surface area contributed by atoms with Crippen LogP contribution in [0.25, 0.3) is 0 Å². The lowest BCUT2D eigenvalue weighted by atomic mass is 10.1. The van der Waals surface area contributed by atoms with Crippen molar-refractivity contribution in [3.05, 3.63) is 11.1 Å². The molecule has 0 aromatic heterocycles. The first-order valence-electron chi connectivity index (χ1n) is 2.93. The first kappa shape index (κ1) is 10.6. The van der Waals surface area contributed by atoms with E-state index < -0.39 is 11.9 Å². The highest BCUT2D eigenvalue weighted by molar-refractivity contribution is 5.99. The van der Waals surface area contributed by atoms with Crippen molar-refractivity contribution >= 4 is 11.9 Å². The predicted molar refractivity (Wildman–Crippen MR) is 35.8 cm³/mol. The molecule has 0 radical (unpaired) electrons. The largest absolute Gasteiger partial charge is 0.369 e. The summed E-state index contributed by atoms with van der Waals surface area (Å²) < 4.78 is 0. The van der Waals surface area contributed by atoms with Gasteiger partial charge < -0.3 is 0 Å². The van der Waals surface area contributed by atoms with Crippen LogP contribution in [0.15, 0.2) is 11.1 Å². The second-order valence-electron chi connectivity index (χ2n) is 2.01.